The van der Waals surface area contributed by atoms with Crippen molar-refractivity contribution < 1.29 is 9.59 Å². The van der Waals surface area contributed by atoms with Crippen molar-refractivity contribution in [1.82, 2.24) is 29.9 Å². The fourth-order valence-corrected chi connectivity index (χ4v) is 4.79. The first kappa shape index (κ1) is 22.5. The van der Waals surface area contributed by atoms with Crippen LogP contribution in [0.2, 0.25) is 0 Å². The number of nitrogens with zero attached hydrogens (tertiary/aromatic N) is 5. The smallest absolute Gasteiger partial charge is 0.289 e. The zero-order valence-corrected chi connectivity index (χ0v) is 19.4. The predicted molar refractivity (Wildman–Crippen MR) is 122 cm³/mol. The highest BCUT2D eigenvalue weighted by Crippen LogP contribution is 2.41. The summed E-state index contributed by atoms with van der Waals surface area (Å²) in [5, 5.41) is 11.4. The summed E-state index contributed by atoms with van der Waals surface area (Å²) in [6.07, 6.45) is 4.17. The van der Waals surface area contributed by atoms with Gasteiger partial charge in [0.1, 0.15) is 5.82 Å². The lowest BCUT2D eigenvalue weighted by Crippen LogP contribution is -2.34. The molecular formula is C24H34N6O2. The number of likely N-dealkylation sites (N-methyl/N-ethyl adjacent to an activating group) is 1. The Kier molecular flexibility index (Phi) is 6.60. The first-order valence-electron chi connectivity index (χ1n) is 11.5. The third-order valence-electron chi connectivity index (χ3n) is 6.89. The molecule has 2 amide bonds. The van der Waals surface area contributed by atoms with Gasteiger partial charge in [-0.3, -0.25) is 9.59 Å². The maximum absolute atomic E-state index is 12.9. The molecule has 172 valence electrons. The minimum Gasteiger partial charge on any atom is -0.348 e. The number of hydrogen-bond donors (Lipinski definition) is 1. The van der Waals surface area contributed by atoms with Crippen LogP contribution in [0.4, 0.5) is 0 Å². The molecule has 8 nitrogen and oxygen atoms in total. The van der Waals surface area contributed by atoms with E-state index in [9.17, 15) is 9.59 Å². The van der Waals surface area contributed by atoms with E-state index in [2.05, 4.69) is 34.6 Å². The van der Waals surface area contributed by atoms with E-state index in [1.807, 2.05) is 40.6 Å². The van der Waals surface area contributed by atoms with Crippen molar-refractivity contribution in [3.8, 4) is 0 Å². The zero-order valence-electron chi connectivity index (χ0n) is 19.4. The topological polar surface area (TPSA) is 83.4 Å². The molecule has 4 rings (SSSR count). The van der Waals surface area contributed by atoms with Crippen molar-refractivity contribution >= 4 is 11.8 Å². The summed E-state index contributed by atoms with van der Waals surface area (Å²) in [7, 11) is 3.95. The minimum absolute atomic E-state index is 0.0995. The molecule has 1 fully saturated rings. The number of aromatic nitrogens is 3. The van der Waals surface area contributed by atoms with Gasteiger partial charge in [0.25, 0.3) is 5.91 Å². The van der Waals surface area contributed by atoms with Crippen LogP contribution in [0, 0.1) is 12.3 Å². The summed E-state index contributed by atoms with van der Waals surface area (Å²) in [5.74, 6) is 1.32. The quantitative estimate of drug-likeness (QED) is 0.742. The Morgan fingerprint density at radius 1 is 1.09 bits per heavy atom. The van der Waals surface area contributed by atoms with Gasteiger partial charge in [0.15, 0.2) is 0 Å². The third kappa shape index (κ3) is 5.01. The molecule has 32 heavy (non-hydrogen) atoms. The number of benzene rings is 1. The van der Waals surface area contributed by atoms with Crippen molar-refractivity contribution in [2.24, 2.45) is 5.41 Å². The summed E-state index contributed by atoms with van der Waals surface area (Å²) in [6.45, 7) is 5.74. The first-order chi connectivity index (χ1) is 15.3. The van der Waals surface area contributed by atoms with E-state index in [0.29, 0.717) is 18.8 Å². The maximum Gasteiger partial charge on any atom is 0.289 e. The van der Waals surface area contributed by atoms with Crippen LogP contribution in [0.25, 0.3) is 0 Å². The van der Waals surface area contributed by atoms with Crippen molar-refractivity contribution in [3.05, 3.63) is 47.0 Å². The van der Waals surface area contributed by atoms with Crippen LogP contribution in [0.15, 0.2) is 24.3 Å². The number of carbonyl (C=O) groups is 2. The SMILES string of the molecule is Cc1ccc(CC(=O)N2CC[C@]3(CCc4nnc(C(=O)NCCN(C)C)n4CC3)C2)cc1. The van der Waals surface area contributed by atoms with E-state index in [4.69, 9.17) is 0 Å². The lowest BCUT2D eigenvalue weighted by Gasteiger charge is -2.27. The fourth-order valence-electron chi connectivity index (χ4n) is 4.79. The molecule has 0 bridgehead atoms. The Balaban J connectivity index is 1.36. The summed E-state index contributed by atoms with van der Waals surface area (Å²) in [4.78, 5) is 29.6. The van der Waals surface area contributed by atoms with Crippen LogP contribution < -0.4 is 5.32 Å². The Morgan fingerprint density at radius 2 is 1.84 bits per heavy atom. The van der Waals surface area contributed by atoms with Crippen LogP contribution in [-0.4, -0.2) is 76.7 Å². The van der Waals surface area contributed by atoms with Crippen molar-refractivity contribution in [3.63, 3.8) is 0 Å². The Labute approximate surface area is 190 Å². The molecule has 1 atom stereocenters. The summed E-state index contributed by atoms with van der Waals surface area (Å²) in [6, 6.07) is 8.20. The fraction of sp³-hybridized carbons (Fsp3) is 0.583. The van der Waals surface area contributed by atoms with Gasteiger partial charge in [0.2, 0.25) is 11.7 Å². The molecule has 1 aromatic heterocycles. The van der Waals surface area contributed by atoms with Gasteiger partial charge in [-0.05, 0) is 51.3 Å². The van der Waals surface area contributed by atoms with Crippen molar-refractivity contribution in [1.29, 1.82) is 0 Å². The molecule has 2 aliphatic rings. The molecule has 2 aromatic rings. The van der Waals surface area contributed by atoms with Crippen LogP contribution in [0.5, 0.6) is 0 Å². The summed E-state index contributed by atoms with van der Waals surface area (Å²) in [5.41, 5.74) is 2.37. The highest BCUT2D eigenvalue weighted by atomic mass is 16.2. The van der Waals surface area contributed by atoms with Crippen molar-refractivity contribution in [2.75, 3.05) is 40.3 Å². The molecule has 3 heterocycles. The van der Waals surface area contributed by atoms with E-state index >= 15 is 0 Å². The van der Waals surface area contributed by atoms with Crippen LogP contribution >= 0.6 is 0 Å². The van der Waals surface area contributed by atoms with Crippen LogP contribution in [0.1, 0.15) is 46.8 Å². The second-order valence-corrected chi connectivity index (χ2v) is 9.63. The largest absolute Gasteiger partial charge is 0.348 e. The van der Waals surface area contributed by atoms with E-state index in [-0.39, 0.29) is 17.2 Å². The number of carbonyl (C=O) groups excluding carboxylic acids is 2. The number of fused-ring (bicyclic) bond motifs is 1. The predicted octanol–water partition coefficient (Wildman–Crippen LogP) is 1.68. The molecule has 0 saturated carbocycles. The minimum atomic E-state index is -0.164. The van der Waals surface area contributed by atoms with Gasteiger partial charge >= 0.3 is 0 Å². The number of nitrogens with one attached hydrogen (secondary N) is 1. The van der Waals surface area contributed by atoms with Gasteiger partial charge in [0.05, 0.1) is 6.42 Å². The average Bonchev–Trinajstić information content (AvgIpc) is 3.32. The second kappa shape index (κ2) is 9.40. The normalized spacial score (nSPS) is 20.4. The molecule has 1 saturated heterocycles. The van der Waals surface area contributed by atoms with E-state index in [0.717, 1.165) is 63.3 Å². The first-order valence-corrected chi connectivity index (χ1v) is 11.5. The highest BCUT2D eigenvalue weighted by Gasteiger charge is 2.41. The maximum atomic E-state index is 12.9. The molecule has 1 aromatic carbocycles. The average molecular weight is 439 g/mol. The summed E-state index contributed by atoms with van der Waals surface area (Å²) < 4.78 is 1.98. The van der Waals surface area contributed by atoms with Gasteiger partial charge in [0, 0.05) is 39.1 Å². The number of likely N-dealkylation sites (tertiary alicyclic amines) is 1. The molecule has 0 radical (unpaired) electrons. The molecular weight excluding hydrogens is 404 g/mol. The lowest BCUT2D eigenvalue weighted by atomic mass is 9.80. The van der Waals surface area contributed by atoms with Crippen LogP contribution in [0.3, 0.4) is 0 Å². The van der Waals surface area contributed by atoms with E-state index < -0.39 is 0 Å². The van der Waals surface area contributed by atoms with Gasteiger partial charge in [-0.25, -0.2) is 0 Å². The molecule has 0 unspecified atom stereocenters. The highest BCUT2D eigenvalue weighted by molar-refractivity contribution is 5.90. The molecule has 0 aliphatic carbocycles. The van der Waals surface area contributed by atoms with Gasteiger partial charge in [-0.1, -0.05) is 29.8 Å². The van der Waals surface area contributed by atoms with Gasteiger partial charge in [-0.2, -0.15) is 0 Å². The van der Waals surface area contributed by atoms with Gasteiger partial charge < -0.3 is 19.7 Å². The number of aryl methyl sites for hydroxylation is 2. The van der Waals surface area contributed by atoms with Crippen LogP contribution in [-0.2, 0) is 24.2 Å². The van der Waals surface area contributed by atoms with E-state index in [1.165, 1.54) is 5.56 Å². The lowest BCUT2D eigenvalue weighted by molar-refractivity contribution is -0.129. The molecule has 2 aliphatic heterocycles. The molecule has 1 N–H and O–H groups in total. The Morgan fingerprint density at radius 3 is 2.59 bits per heavy atom. The number of hydrogen-bond acceptors (Lipinski definition) is 5. The second-order valence-electron chi connectivity index (χ2n) is 9.63. The Bertz CT molecular complexity index is 967. The molecule has 8 heteroatoms. The number of rotatable bonds is 6. The zero-order chi connectivity index (χ0) is 22.7. The third-order valence-corrected chi connectivity index (χ3v) is 6.89. The number of amides is 2. The molecule has 1 spiro atoms. The van der Waals surface area contributed by atoms with E-state index in [1.54, 1.807) is 0 Å². The summed E-state index contributed by atoms with van der Waals surface area (Å²) >= 11 is 0. The monoisotopic (exact) mass is 438 g/mol. The standard InChI is InChI=1S/C24H34N6O2/c1-18-4-6-19(7-5-18)16-21(31)29-13-10-24(17-29)9-8-20-26-27-22(30(20)14-11-24)23(32)25-12-15-28(2)3/h4-7H,8-17H2,1-3H3,(H,25,32)/t24-/m0/s1. The van der Waals surface area contributed by atoms with Crippen molar-refractivity contribution in [2.45, 2.75) is 45.6 Å². The Hall–Kier alpha value is -2.74. The van der Waals surface area contributed by atoms with Gasteiger partial charge in [-0.15, -0.1) is 10.2 Å².